The summed E-state index contributed by atoms with van der Waals surface area (Å²) < 4.78 is 26.9. The van der Waals surface area contributed by atoms with Crippen molar-refractivity contribution in [2.45, 2.75) is 12.2 Å². The van der Waals surface area contributed by atoms with E-state index in [9.17, 15) is 4.57 Å². The van der Waals surface area contributed by atoms with Gasteiger partial charge in [-0.05, 0) is 48.9 Å². The molecule has 1 heterocycles. The number of nitrogens with zero attached hydrogens (tertiary/aromatic N) is 1. The zero-order valence-corrected chi connectivity index (χ0v) is 18.0. The monoisotopic (exact) mass is 430 g/mol. The Bertz CT molecular complexity index is 1140. The Kier molecular flexibility index (Phi) is 5.90. The lowest BCUT2D eigenvalue weighted by atomic mass is 10.0. The highest BCUT2D eigenvalue weighted by atomic mass is 31.2. The molecule has 5 nitrogen and oxygen atoms in total. The van der Waals surface area contributed by atoms with Gasteiger partial charge in [0.1, 0.15) is 11.5 Å². The Morgan fingerprint density at radius 1 is 0.710 bits per heavy atom. The van der Waals surface area contributed by atoms with E-state index in [0.29, 0.717) is 22.8 Å². The summed E-state index contributed by atoms with van der Waals surface area (Å²) in [5, 5.41) is -1.66. The number of aromatic nitrogens is 1. The maximum Gasteiger partial charge on any atom is 0.461 e. The molecule has 1 atom stereocenters. The lowest BCUT2D eigenvalue weighted by Gasteiger charge is -2.35. The molecule has 0 radical (unpaired) electrons. The summed E-state index contributed by atoms with van der Waals surface area (Å²) in [7, 11) is -4.13. The molecule has 0 amide bonds. The van der Waals surface area contributed by atoms with Gasteiger partial charge in [0.05, 0.1) is 5.69 Å². The third kappa shape index (κ3) is 4.24. The Balaban J connectivity index is 1.94. The van der Waals surface area contributed by atoms with E-state index in [-0.39, 0.29) is 0 Å². The van der Waals surface area contributed by atoms with Crippen LogP contribution in [-0.4, -0.2) is 4.98 Å². The Morgan fingerprint density at radius 2 is 1.19 bits per heavy atom. The van der Waals surface area contributed by atoms with Crippen LogP contribution in [-0.2, 0) is 9.85 Å². The molecule has 0 aliphatic carbocycles. The molecule has 0 bridgehead atoms. The minimum Gasteiger partial charge on any atom is -0.414 e. The highest BCUT2D eigenvalue weighted by molar-refractivity contribution is 7.56. The van der Waals surface area contributed by atoms with E-state index in [1.54, 1.807) is 66.7 Å². The lowest BCUT2D eigenvalue weighted by Crippen LogP contribution is -2.42. The zero-order valence-electron chi connectivity index (χ0n) is 17.1. The van der Waals surface area contributed by atoms with Gasteiger partial charge in [-0.3, -0.25) is 4.98 Å². The van der Waals surface area contributed by atoms with Gasteiger partial charge in [0.2, 0.25) is 5.28 Å². The van der Waals surface area contributed by atoms with Crippen LogP contribution in [0.4, 0.5) is 0 Å². The second-order valence-electron chi connectivity index (χ2n) is 7.10. The van der Waals surface area contributed by atoms with Crippen molar-refractivity contribution in [3.05, 3.63) is 126 Å². The predicted octanol–water partition coefficient (Wildman–Crippen LogP) is 5.90. The fourth-order valence-corrected chi connectivity index (χ4v) is 5.29. The van der Waals surface area contributed by atoms with Gasteiger partial charge in [-0.15, -0.1) is 0 Å². The number of hydrogen-bond acceptors (Lipinski definition) is 5. The number of rotatable bonds is 7. The number of pyridine rings is 1. The van der Waals surface area contributed by atoms with E-state index < -0.39 is 12.9 Å². The van der Waals surface area contributed by atoms with Gasteiger partial charge in [-0.1, -0.05) is 72.8 Å². The van der Waals surface area contributed by atoms with Crippen LogP contribution in [0.5, 0.6) is 11.5 Å². The van der Waals surface area contributed by atoms with E-state index in [4.69, 9.17) is 14.8 Å². The first kappa shape index (κ1) is 20.9. The van der Waals surface area contributed by atoms with Gasteiger partial charge in [0.15, 0.2) is 0 Å². The zero-order chi connectivity index (χ0) is 21.7. The van der Waals surface area contributed by atoms with Crippen molar-refractivity contribution >= 4 is 7.60 Å². The fraction of sp³-hybridized carbons (Fsp3) is 0.0800. The van der Waals surface area contributed by atoms with Crippen molar-refractivity contribution in [3.63, 3.8) is 0 Å². The molecule has 6 heteroatoms. The number of hydrogen-bond donors (Lipinski definition) is 1. The molecule has 31 heavy (non-hydrogen) atoms. The molecule has 1 unspecified atom stereocenters. The molecule has 1 aromatic heterocycles. The molecule has 0 fully saturated rings. The van der Waals surface area contributed by atoms with Crippen molar-refractivity contribution in [3.8, 4) is 11.5 Å². The largest absolute Gasteiger partial charge is 0.461 e. The molecule has 4 aromatic rings. The van der Waals surface area contributed by atoms with E-state index in [1.165, 1.54) is 0 Å². The van der Waals surface area contributed by atoms with Gasteiger partial charge >= 0.3 is 7.60 Å². The van der Waals surface area contributed by atoms with Gasteiger partial charge in [-0.2, -0.15) is 0 Å². The minimum absolute atomic E-state index is 0.389. The summed E-state index contributed by atoms with van der Waals surface area (Å²) in [4.78, 5) is 4.61. The molecule has 0 saturated heterocycles. The Hall–Kier alpha value is -3.40. The van der Waals surface area contributed by atoms with Crippen LogP contribution in [0.1, 0.15) is 17.0 Å². The lowest BCUT2D eigenvalue weighted by molar-refractivity contribution is 0.352. The highest BCUT2D eigenvalue weighted by Crippen LogP contribution is 2.63. The maximum atomic E-state index is 14.7. The second kappa shape index (κ2) is 8.76. The first-order valence-electron chi connectivity index (χ1n) is 9.89. The van der Waals surface area contributed by atoms with Crippen LogP contribution in [0.3, 0.4) is 0 Å². The number of benzene rings is 3. The van der Waals surface area contributed by atoms with E-state index in [0.717, 1.165) is 5.69 Å². The smallest absolute Gasteiger partial charge is 0.414 e. The average Bonchev–Trinajstić information content (AvgIpc) is 2.80. The molecular weight excluding hydrogens is 407 g/mol. The van der Waals surface area contributed by atoms with Crippen LogP contribution >= 0.6 is 7.60 Å². The Morgan fingerprint density at radius 3 is 1.68 bits per heavy atom. The summed E-state index contributed by atoms with van der Waals surface area (Å²) in [6.45, 7) is 1.86. The summed E-state index contributed by atoms with van der Waals surface area (Å²) in [5.74, 6) is 0.778. The Labute approximate surface area is 182 Å². The maximum absolute atomic E-state index is 14.7. The van der Waals surface area contributed by atoms with E-state index in [1.807, 2.05) is 49.4 Å². The van der Waals surface area contributed by atoms with Crippen LogP contribution in [0, 0.1) is 6.92 Å². The number of nitrogens with two attached hydrogens (primary N) is 1. The molecular formula is C25H23N2O3P. The van der Waals surface area contributed by atoms with Crippen molar-refractivity contribution in [2.75, 3.05) is 0 Å². The molecule has 0 saturated carbocycles. The standard InChI is InChI=1S/C25H23N2O3P/c1-20-12-11-19-24(27-20)25(26,21-13-5-2-6-14-21)31(28,29-22-15-7-3-8-16-22)30-23-17-9-4-10-18-23/h2-19H,26H2,1H3. The second-order valence-corrected chi connectivity index (χ2v) is 9.17. The third-order valence-electron chi connectivity index (χ3n) is 4.86. The molecule has 3 aromatic carbocycles. The quantitative estimate of drug-likeness (QED) is 0.370. The van der Waals surface area contributed by atoms with Crippen molar-refractivity contribution in [1.82, 2.24) is 4.98 Å². The summed E-state index contributed by atoms with van der Waals surface area (Å²) in [5.41, 5.74) is 8.72. The normalized spacial score (nSPS) is 13.2. The van der Waals surface area contributed by atoms with E-state index >= 15 is 0 Å². The summed E-state index contributed by atoms with van der Waals surface area (Å²) in [6, 6.07) is 32.4. The molecule has 0 aliphatic rings. The predicted molar refractivity (Wildman–Crippen MR) is 122 cm³/mol. The first-order valence-corrected chi connectivity index (χ1v) is 11.4. The van der Waals surface area contributed by atoms with Crippen molar-refractivity contribution in [1.29, 1.82) is 0 Å². The summed E-state index contributed by atoms with van der Waals surface area (Å²) >= 11 is 0. The minimum atomic E-state index is -4.13. The molecule has 156 valence electrons. The topological polar surface area (TPSA) is 74.4 Å². The molecule has 0 aliphatic heterocycles. The van der Waals surface area contributed by atoms with Gasteiger partial charge in [-0.25, -0.2) is 4.57 Å². The van der Waals surface area contributed by atoms with Gasteiger partial charge in [0.25, 0.3) is 0 Å². The van der Waals surface area contributed by atoms with Crippen LogP contribution < -0.4 is 14.8 Å². The first-order chi connectivity index (χ1) is 15.0. The molecule has 2 N–H and O–H groups in total. The van der Waals surface area contributed by atoms with Gasteiger partial charge < -0.3 is 14.8 Å². The number of para-hydroxylation sites is 2. The third-order valence-corrected chi connectivity index (χ3v) is 7.12. The SMILES string of the molecule is Cc1cccc(C(N)(c2ccccc2)P(=O)(Oc2ccccc2)Oc2ccccc2)n1. The highest BCUT2D eigenvalue weighted by Gasteiger charge is 2.55. The number of aryl methyl sites for hydroxylation is 1. The summed E-state index contributed by atoms with van der Waals surface area (Å²) in [6.07, 6.45) is 0. The van der Waals surface area contributed by atoms with Crippen LogP contribution in [0.25, 0.3) is 0 Å². The van der Waals surface area contributed by atoms with E-state index in [2.05, 4.69) is 4.98 Å². The van der Waals surface area contributed by atoms with Crippen molar-refractivity contribution in [2.24, 2.45) is 5.73 Å². The van der Waals surface area contributed by atoms with Crippen molar-refractivity contribution < 1.29 is 13.6 Å². The van der Waals surface area contributed by atoms with Crippen LogP contribution in [0.15, 0.2) is 109 Å². The molecule has 4 rings (SSSR count). The van der Waals surface area contributed by atoms with Crippen LogP contribution in [0.2, 0.25) is 0 Å². The van der Waals surface area contributed by atoms with Gasteiger partial charge in [0, 0.05) is 5.69 Å². The average molecular weight is 430 g/mol. The molecule has 0 spiro atoms. The fourth-order valence-electron chi connectivity index (χ4n) is 3.30.